The molecule has 0 radical (unpaired) electrons. The van der Waals surface area contributed by atoms with Crippen molar-refractivity contribution in [2.75, 3.05) is 6.61 Å². The Balaban J connectivity index is 4.19. The molecule has 0 bridgehead atoms. The summed E-state index contributed by atoms with van der Waals surface area (Å²) in [6, 6.07) is 0. The van der Waals surface area contributed by atoms with E-state index in [4.69, 9.17) is 4.74 Å². The molecule has 0 aliphatic heterocycles. The molecule has 0 aliphatic carbocycles. The first kappa shape index (κ1) is 18.4. The lowest BCUT2D eigenvalue weighted by Crippen LogP contribution is -2.35. The van der Waals surface area contributed by atoms with Gasteiger partial charge in [-0.2, -0.15) is 0 Å². The number of allylic oxidation sites excluding steroid dienone is 3. The van der Waals surface area contributed by atoms with Crippen molar-refractivity contribution in [2.24, 2.45) is 11.8 Å². The maximum absolute atomic E-state index is 10.0. The Kier molecular flexibility index (Phi) is 9.03. The van der Waals surface area contributed by atoms with E-state index in [2.05, 4.69) is 40.7 Å². The van der Waals surface area contributed by atoms with Crippen molar-refractivity contribution in [3.05, 3.63) is 24.3 Å². The Hall–Kier alpha value is -0.600. The summed E-state index contributed by atoms with van der Waals surface area (Å²) < 4.78 is 5.98. The Morgan fingerprint density at radius 3 is 2.32 bits per heavy atom. The molecule has 0 aromatic heterocycles. The topological polar surface area (TPSA) is 29.5 Å². The number of hydrogen-bond acceptors (Lipinski definition) is 2. The number of ether oxygens (including phenoxy) is 1. The Morgan fingerprint density at radius 1 is 1.16 bits per heavy atom. The van der Waals surface area contributed by atoms with E-state index in [1.54, 1.807) is 0 Å². The van der Waals surface area contributed by atoms with Gasteiger partial charge in [-0.05, 0) is 26.2 Å². The highest BCUT2D eigenvalue weighted by Crippen LogP contribution is 2.24. The normalized spacial score (nSPS) is 18.1. The average Bonchev–Trinajstić information content (AvgIpc) is 2.39. The van der Waals surface area contributed by atoms with Crippen molar-refractivity contribution in [3.63, 3.8) is 0 Å². The summed E-state index contributed by atoms with van der Waals surface area (Å²) in [7, 11) is 0. The first-order valence-corrected chi connectivity index (χ1v) is 7.50. The molecule has 1 N–H and O–H groups in total. The zero-order valence-electron chi connectivity index (χ0n) is 13.5. The third kappa shape index (κ3) is 7.54. The van der Waals surface area contributed by atoms with Crippen LogP contribution in [-0.4, -0.2) is 23.4 Å². The predicted octanol–water partition coefficient (Wildman–Crippen LogP) is 4.35. The number of aliphatic hydroxyl groups is 1. The van der Waals surface area contributed by atoms with Crippen LogP contribution in [0.15, 0.2) is 24.3 Å². The molecule has 0 saturated carbocycles. The summed E-state index contributed by atoms with van der Waals surface area (Å²) in [4.78, 5) is 0. The average molecular weight is 268 g/mol. The van der Waals surface area contributed by atoms with Crippen LogP contribution in [0, 0.1) is 11.8 Å². The molecule has 3 atom stereocenters. The fourth-order valence-electron chi connectivity index (χ4n) is 1.66. The molecule has 0 aromatic rings. The first-order valence-electron chi connectivity index (χ1n) is 7.50. The number of rotatable bonds is 9. The maximum Gasteiger partial charge on any atom is 0.0771 e. The van der Waals surface area contributed by atoms with E-state index >= 15 is 0 Å². The van der Waals surface area contributed by atoms with Gasteiger partial charge in [0.05, 0.1) is 18.3 Å². The van der Waals surface area contributed by atoms with Crippen LogP contribution in [0.25, 0.3) is 0 Å². The third-order valence-corrected chi connectivity index (χ3v) is 3.89. The molecule has 0 saturated heterocycles. The van der Waals surface area contributed by atoms with E-state index in [1.807, 2.05) is 25.2 Å². The van der Waals surface area contributed by atoms with E-state index in [0.29, 0.717) is 12.5 Å². The van der Waals surface area contributed by atoms with Gasteiger partial charge in [0.15, 0.2) is 0 Å². The van der Waals surface area contributed by atoms with Crippen LogP contribution in [0.3, 0.4) is 0 Å². The van der Waals surface area contributed by atoms with Crippen molar-refractivity contribution >= 4 is 0 Å². The summed E-state index contributed by atoms with van der Waals surface area (Å²) in [5.74, 6) is 0.620. The lowest BCUT2D eigenvalue weighted by atomic mass is 9.90. The predicted molar refractivity (Wildman–Crippen MR) is 83.2 cm³/mol. The molecule has 2 unspecified atom stereocenters. The minimum Gasteiger partial charge on any atom is -0.389 e. The summed E-state index contributed by atoms with van der Waals surface area (Å²) in [5, 5.41) is 10.0. The monoisotopic (exact) mass is 268 g/mol. The second kappa shape index (κ2) is 9.33. The van der Waals surface area contributed by atoms with Crippen molar-refractivity contribution in [1.29, 1.82) is 0 Å². The van der Waals surface area contributed by atoms with Crippen LogP contribution in [0.4, 0.5) is 0 Å². The standard InChI is InChI=1S/C17H32O2/c1-7-9-10-11-12-16(18)14(3)13-19-17(5,6)15(4)8-2/h9-12,14-16,18H,7-8,13H2,1-6H3/b10-9?,12-11+/t14-,15?,16?/m1/s1. The molecule has 0 fully saturated rings. The van der Waals surface area contributed by atoms with Gasteiger partial charge < -0.3 is 9.84 Å². The highest BCUT2D eigenvalue weighted by Gasteiger charge is 2.26. The summed E-state index contributed by atoms with van der Waals surface area (Å²) in [6.45, 7) is 13.3. The Morgan fingerprint density at radius 2 is 1.79 bits per heavy atom. The number of hydrogen-bond donors (Lipinski definition) is 1. The summed E-state index contributed by atoms with van der Waals surface area (Å²) in [6.07, 6.45) is 9.44. The van der Waals surface area contributed by atoms with Gasteiger partial charge in [-0.1, -0.05) is 58.4 Å². The minimum atomic E-state index is -0.450. The molecule has 0 aromatic carbocycles. The molecule has 0 heterocycles. The van der Waals surface area contributed by atoms with Gasteiger partial charge in [0.1, 0.15) is 0 Å². The van der Waals surface area contributed by atoms with E-state index in [-0.39, 0.29) is 11.5 Å². The Bertz CT molecular complexity index is 279. The van der Waals surface area contributed by atoms with Gasteiger partial charge in [0, 0.05) is 5.92 Å². The fourth-order valence-corrected chi connectivity index (χ4v) is 1.66. The molecule has 0 spiro atoms. The molecular formula is C17H32O2. The lowest BCUT2D eigenvalue weighted by Gasteiger charge is -2.33. The fraction of sp³-hybridized carbons (Fsp3) is 0.765. The van der Waals surface area contributed by atoms with Crippen LogP contribution in [0.2, 0.25) is 0 Å². The second-order valence-electron chi connectivity index (χ2n) is 5.91. The van der Waals surface area contributed by atoms with Gasteiger partial charge in [0.25, 0.3) is 0 Å². The Labute approximate surface area is 119 Å². The zero-order chi connectivity index (χ0) is 14.9. The molecule has 19 heavy (non-hydrogen) atoms. The van der Waals surface area contributed by atoms with Gasteiger partial charge >= 0.3 is 0 Å². The first-order chi connectivity index (χ1) is 8.85. The largest absolute Gasteiger partial charge is 0.389 e. The van der Waals surface area contributed by atoms with Crippen LogP contribution in [-0.2, 0) is 4.74 Å². The van der Waals surface area contributed by atoms with Gasteiger partial charge in [-0.15, -0.1) is 0 Å². The quantitative estimate of drug-likeness (QED) is 0.630. The van der Waals surface area contributed by atoms with Crippen LogP contribution in [0.1, 0.15) is 54.4 Å². The number of aliphatic hydroxyl groups excluding tert-OH is 1. The van der Waals surface area contributed by atoms with Crippen molar-refractivity contribution in [3.8, 4) is 0 Å². The molecule has 2 heteroatoms. The summed E-state index contributed by atoms with van der Waals surface area (Å²) >= 11 is 0. The zero-order valence-corrected chi connectivity index (χ0v) is 13.5. The van der Waals surface area contributed by atoms with Crippen LogP contribution in [0.5, 0.6) is 0 Å². The molecular weight excluding hydrogens is 236 g/mol. The maximum atomic E-state index is 10.0. The highest BCUT2D eigenvalue weighted by molar-refractivity contribution is 5.05. The van der Waals surface area contributed by atoms with Gasteiger partial charge in [0.2, 0.25) is 0 Å². The minimum absolute atomic E-state index is 0.106. The van der Waals surface area contributed by atoms with Gasteiger partial charge in [-0.25, -0.2) is 0 Å². The van der Waals surface area contributed by atoms with E-state index < -0.39 is 6.10 Å². The smallest absolute Gasteiger partial charge is 0.0771 e. The van der Waals surface area contributed by atoms with Gasteiger partial charge in [-0.3, -0.25) is 0 Å². The molecule has 112 valence electrons. The van der Waals surface area contributed by atoms with Crippen molar-refractivity contribution in [2.45, 2.75) is 66.1 Å². The second-order valence-corrected chi connectivity index (χ2v) is 5.91. The molecule has 0 amide bonds. The van der Waals surface area contributed by atoms with Crippen molar-refractivity contribution < 1.29 is 9.84 Å². The van der Waals surface area contributed by atoms with Crippen LogP contribution < -0.4 is 0 Å². The van der Waals surface area contributed by atoms with Crippen LogP contribution >= 0.6 is 0 Å². The molecule has 0 aliphatic rings. The lowest BCUT2D eigenvalue weighted by molar-refractivity contribution is -0.0789. The molecule has 2 nitrogen and oxygen atoms in total. The summed E-state index contributed by atoms with van der Waals surface area (Å²) in [5.41, 5.74) is -0.130. The third-order valence-electron chi connectivity index (χ3n) is 3.89. The SMILES string of the molecule is CCC=C/C=C/C(O)[C@H](C)COC(C)(C)C(C)CC. The van der Waals surface area contributed by atoms with E-state index in [9.17, 15) is 5.11 Å². The van der Waals surface area contributed by atoms with Crippen molar-refractivity contribution in [1.82, 2.24) is 0 Å². The van der Waals surface area contributed by atoms with E-state index in [0.717, 1.165) is 12.8 Å². The van der Waals surface area contributed by atoms with E-state index in [1.165, 1.54) is 0 Å². The molecule has 0 rings (SSSR count). The highest BCUT2D eigenvalue weighted by atomic mass is 16.5.